The third-order valence-electron chi connectivity index (χ3n) is 1.61. The number of hydrogen-bond acceptors (Lipinski definition) is 1. The molecule has 1 aliphatic rings. The first-order valence-electron chi connectivity index (χ1n) is 3.16. The molecule has 1 nitrogen and oxygen atoms in total. The highest BCUT2D eigenvalue weighted by Crippen LogP contribution is 2.31. The molecule has 1 atom stereocenters. The van der Waals surface area contributed by atoms with E-state index in [1.54, 1.807) is 0 Å². The zero-order valence-corrected chi connectivity index (χ0v) is 6.16. The zero-order chi connectivity index (χ0) is 7.56. The summed E-state index contributed by atoms with van der Waals surface area (Å²) in [5.41, 5.74) is 0. The summed E-state index contributed by atoms with van der Waals surface area (Å²) >= 11 is 5.48. The molecule has 0 N–H and O–H groups in total. The minimum Gasteiger partial charge on any atom is -0.211 e. The van der Waals surface area contributed by atoms with E-state index < -0.39 is 0 Å². The van der Waals surface area contributed by atoms with Gasteiger partial charge in [-0.15, -0.1) is 0 Å². The second-order valence-corrected chi connectivity index (χ2v) is 2.83. The van der Waals surface area contributed by atoms with Crippen LogP contribution in [-0.4, -0.2) is 0 Å². The topological polar surface area (TPSA) is 23.8 Å². The average Bonchev–Trinajstić information content (AvgIpc) is 1.95. The molecule has 10 heavy (non-hydrogen) atoms. The van der Waals surface area contributed by atoms with E-state index in [0.717, 1.165) is 0 Å². The molecule has 0 amide bonds. The molecule has 0 fully saturated rings. The van der Waals surface area contributed by atoms with E-state index in [2.05, 4.69) is 0 Å². The molecule has 0 aromatic heterocycles. The summed E-state index contributed by atoms with van der Waals surface area (Å²) in [6, 6.07) is 2.02. The first kappa shape index (κ1) is 7.56. The lowest BCUT2D eigenvalue weighted by Crippen LogP contribution is -2.03. The van der Waals surface area contributed by atoms with Gasteiger partial charge >= 0.3 is 0 Å². The number of rotatable bonds is 0. The maximum atomic E-state index is 12.6. The summed E-state index contributed by atoms with van der Waals surface area (Å²) in [6.07, 6.45) is 1.42. The normalized spacial score (nSPS) is 26.3. The molecule has 54 valence electrons. The SMILES string of the molecule is N#CC1CCC(Cl)=C(F)C1. The van der Waals surface area contributed by atoms with Crippen molar-refractivity contribution in [2.75, 3.05) is 0 Å². The zero-order valence-electron chi connectivity index (χ0n) is 5.40. The van der Waals surface area contributed by atoms with Crippen LogP contribution in [0.15, 0.2) is 10.9 Å². The lowest BCUT2D eigenvalue weighted by atomic mass is 9.95. The van der Waals surface area contributed by atoms with Crippen LogP contribution in [0, 0.1) is 17.2 Å². The van der Waals surface area contributed by atoms with Gasteiger partial charge in [-0.1, -0.05) is 11.6 Å². The average molecular weight is 160 g/mol. The minimum absolute atomic E-state index is 0.164. The highest BCUT2D eigenvalue weighted by atomic mass is 35.5. The lowest BCUT2D eigenvalue weighted by molar-refractivity contribution is 0.470. The third-order valence-corrected chi connectivity index (χ3v) is 2.01. The molecule has 0 saturated carbocycles. The van der Waals surface area contributed by atoms with Crippen LogP contribution in [0.5, 0.6) is 0 Å². The van der Waals surface area contributed by atoms with E-state index in [1.807, 2.05) is 6.07 Å². The van der Waals surface area contributed by atoms with E-state index in [-0.39, 0.29) is 18.2 Å². The van der Waals surface area contributed by atoms with Crippen LogP contribution in [0.4, 0.5) is 4.39 Å². The van der Waals surface area contributed by atoms with Gasteiger partial charge in [0.05, 0.1) is 12.0 Å². The third kappa shape index (κ3) is 1.48. The molecule has 0 spiro atoms. The number of nitriles is 1. The molecule has 0 aromatic carbocycles. The van der Waals surface area contributed by atoms with Gasteiger partial charge in [0.1, 0.15) is 5.83 Å². The lowest BCUT2D eigenvalue weighted by Gasteiger charge is -2.13. The van der Waals surface area contributed by atoms with E-state index in [0.29, 0.717) is 17.9 Å². The van der Waals surface area contributed by atoms with Crippen molar-refractivity contribution in [1.82, 2.24) is 0 Å². The second kappa shape index (κ2) is 3.03. The highest BCUT2D eigenvalue weighted by molar-refractivity contribution is 6.29. The van der Waals surface area contributed by atoms with Crippen LogP contribution >= 0.6 is 11.6 Å². The monoisotopic (exact) mass is 159 g/mol. The molecule has 0 bridgehead atoms. The first-order valence-corrected chi connectivity index (χ1v) is 3.54. The Morgan fingerprint density at radius 1 is 1.70 bits per heavy atom. The van der Waals surface area contributed by atoms with Gasteiger partial charge in [0, 0.05) is 11.5 Å². The molecule has 0 saturated heterocycles. The Balaban J connectivity index is 2.64. The van der Waals surface area contributed by atoms with Gasteiger partial charge in [-0.3, -0.25) is 0 Å². The van der Waals surface area contributed by atoms with Crippen LogP contribution < -0.4 is 0 Å². The molecule has 3 heteroatoms. The molecular weight excluding hydrogens is 153 g/mol. The van der Waals surface area contributed by atoms with E-state index >= 15 is 0 Å². The van der Waals surface area contributed by atoms with Crippen molar-refractivity contribution in [2.24, 2.45) is 5.92 Å². The van der Waals surface area contributed by atoms with Gasteiger partial charge in [0.15, 0.2) is 0 Å². The maximum Gasteiger partial charge on any atom is 0.116 e. The van der Waals surface area contributed by atoms with Crippen molar-refractivity contribution in [1.29, 1.82) is 5.26 Å². The fourth-order valence-electron chi connectivity index (χ4n) is 0.976. The Hall–Kier alpha value is -0.550. The number of halogens is 2. The summed E-state index contributed by atoms with van der Waals surface area (Å²) in [4.78, 5) is 0. The van der Waals surface area contributed by atoms with Crippen molar-refractivity contribution in [3.05, 3.63) is 10.9 Å². The molecule has 1 rings (SSSR count). The van der Waals surface area contributed by atoms with Gasteiger partial charge < -0.3 is 0 Å². The second-order valence-electron chi connectivity index (χ2n) is 2.38. The number of hydrogen-bond donors (Lipinski definition) is 0. The predicted octanol–water partition coefficient (Wildman–Crippen LogP) is 2.73. The molecule has 1 aliphatic carbocycles. The summed E-state index contributed by atoms with van der Waals surface area (Å²) in [6.45, 7) is 0. The van der Waals surface area contributed by atoms with Crippen LogP contribution in [-0.2, 0) is 0 Å². The standard InChI is InChI=1S/C7H7ClFN/c8-6-2-1-5(4-10)3-7(6)9/h5H,1-3H2. The van der Waals surface area contributed by atoms with Crippen LogP contribution in [0.1, 0.15) is 19.3 Å². The highest BCUT2D eigenvalue weighted by Gasteiger charge is 2.19. The smallest absolute Gasteiger partial charge is 0.116 e. The van der Waals surface area contributed by atoms with E-state index in [4.69, 9.17) is 16.9 Å². The van der Waals surface area contributed by atoms with Gasteiger partial charge in [0.2, 0.25) is 0 Å². The van der Waals surface area contributed by atoms with Crippen LogP contribution in [0.3, 0.4) is 0 Å². The fourth-order valence-corrected chi connectivity index (χ4v) is 1.16. The summed E-state index contributed by atoms with van der Waals surface area (Å²) in [7, 11) is 0. The van der Waals surface area contributed by atoms with Crippen LogP contribution in [0.25, 0.3) is 0 Å². The molecule has 0 aromatic rings. The van der Waals surface area contributed by atoms with Crippen molar-refractivity contribution >= 4 is 11.6 Å². The van der Waals surface area contributed by atoms with Crippen molar-refractivity contribution in [3.8, 4) is 6.07 Å². The Bertz CT molecular complexity index is 204. The largest absolute Gasteiger partial charge is 0.211 e. The molecule has 0 heterocycles. The minimum atomic E-state index is -0.306. The van der Waals surface area contributed by atoms with Gasteiger partial charge in [-0.05, 0) is 12.8 Å². The number of nitrogens with zero attached hydrogens (tertiary/aromatic N) is 1. The maximum absolute atomic E-state index is 12.6. The molecule has 0 radical (unpaired) electrons. The van der Waals surface area contributed by atoms with Gasteiger partial charge in [-0.2, -0.15) is 5.26 Å². The van der Waals surface area contributed by atoms with E-state index in [9.17, 15) is 4.39 Å². The molecular formula is C7H7ClFN. The number of allylic oxidation sites excluding steroid dienone is 2. The Morgan fingerprint density at radius 2 is 2.40 bits per heavy atom. The Kier molecular flexibility index (Phi) is 2.29. The Labute approximate surface area is 64.1 Å². The van der Waals surface area contributed by atoms with Gasteiger partial charge in [0.25, 0.3) is 0 Å². The quantitative estimate of drug-likeness (QED) is 0.533. The summed E-state index contributed by atoms with van der Waals surface area (Å²) < 4.78 is 12.6. The van der Waals surface area contributed by atoms with E-state index in [1.165, 1.54) is 0 Å². The van der Waals surface area contributed by atoms with Crippen molar-refractivity contribution in [2.45, 2.75) is 19.3 Å². The summed E-state index contributed by atoms with van der Waals surface area (Å²) in [5, 5.41) is 8.71. The molecule has 0 aliphatic heterocycles. The summed E-state index contributed by atoms with van der Waals surface area (Å²) in [5.74, 6) is -0.470. The first-order chi connectivity index (χ1) is 4.74. The molecule has 1 unspecified atom stereocenters. The van der Waals surface area contributed by atoms with Crippen molar-refractivity contribution < 1.29 is 4.39 Å². The Morgan fingerprint density at radius 3 is 2.90 bits per heavy atom. The van der Waals surface area contributed by atoms with Crippen molar-refractivity contribution in [3.63, 3.8) is 0 Å². The predicted molar refractivity (Wildman–Crippen MR) is 36.9 cm³/mol. The van der Waals surface area contributed by atoms with Gasteiger partial charge in [-0.25, -0.2) is 4.39 Å². The fraction of sp³-hybridized carbons (Fsp3) is 0.571. The van der Waals surface area contributed by atoms with Crippen LogP contribution in [0.2, 0.25) is 0 Å².